The van der Waals surface area contributed by atoms with Crippen LogP contribution in [-0.2, 0) is 42.2 Å². The van der Waals surface area contributed by atoms with Crippen LogP contribution in [0.4, 0.5) is 0 Å². The molecule has 0 rings (SSSR count). The molecule has 0 radical (unpaired) electrons. The first-order chi connectivity index (χ1) is 35.2. The first-order valence-electron chi connectivity index (χ1n) is 28.8. The van der Waals surface area contributed by atoms with Crippen LogP contribution in [0.2, 0.25) is 0 Å². The molecule has 0 saturated carbocycles. The number of allylic oxidation sites excluding steroid dienone is 12. The number of hydrogen-bond donors (Lipinski definition) is 2. The summed E-state index contributed by atoms with van der Waals surface area (Å²) in [5.41, 5.74) is 0. The van der Waals surface area contributed by atoms with Crippen LogP contribution >= 0.6 is 7.82 Å². The fourth-order valence-corrected chi connectivity index (χ4v) is 8.42. The van der Waals surface area contributed by atoms with Crippen molar-refractivity contribution in [2.45, 2.75) is 264 Å². The van der Waals surface area contributed by atoms with Crippen LogP contribution in [-0.4, -0.2) is 66.5 Å². The Morgan fingerprint density at radius 3 is 1.08 bits per heavy atom. The molecule has 3 atom stereocenters. The van der Waals surface area contributed by atoms with Crippen LogP contribution in [0.15, 0.2) is 72.9 Å². The Morgan fingerprint density at radius 2 is 0.708 bits per heavy atom. The monoisotopic (exact) mass is 1030 g/mol. The fraction of sp³-hybridized carbons (Fsp3) is 0.750. The number of phosphoric acid groups is 1. The molecule has 0 saturated heterocycles. The van der Waals surface area contributed by atoms with E-state index in [1.807, 2.05) is 0 Å². The molecule has 0 amide bonds. The third kappa shape index (κ3) is 51.8. The fourth-order valence-electron chi connectivity index (χ4n) is 7.64. The number of rotatable bonds is 53. The van der Waals surface area contributed by atoms with Crippen LogP contribution < -0.4 is 0 Å². The predicted molar refractivity (Wildman–Crippen MR) is 298 cm³/mol. The van der Waals surface area contributed by atoms with E-state index in [2.05, 4.69) is 93.7 Å². The van der Waals surface area contributed by atoms with E-state index in [1.165, 1.54) is 64.2 Å². The van der Waals surface area contributed by atoms with Gasteiger partial charge >= 0.3 is 25.7 Å². The highest BCUT2D eigenvalue weighted by atomic mass is 31.2. The average molecular weight is 1030 g/mol. The molecule has 2 N–H and O–H groups in total. The molecule has 0 fully saturated rings. The number of aliphatic hydroxyl groups is 1. The summed E-state index contributed by atoms with van der Waals surface area (Å²) in [5.74, 6) is -1.50. The van der Waals surface area contributed by atoms with Gasteiger partial charge in [0.15, 0.2) is 6.10 Å². The van der Waals surface area contributed by atoms with Crippen molar-refractivity contribution < 1.29 is 52.2 Å². The van der Waals surface area contributed by atoms with E-state index in [1.54, 1.807) is 0 Å². The van der Waals surface area contributed by atoms with Gasteiger partial charge in [0.1, 0.15) is 12.7 Å². The summed E-state index contributed by atoms with van der Waals surface area (Å²) in [7, 11) is -4.75. The Balaban J connectivity index is 4.71. The van der Waals surface area contributed by atoms with Gasteiger partial charge in [0, 0.05) is 19.3 Å². The quantitative estimate of drug-likeness (QED) is 0.0197. The second kappa shape index (κ2) is 54.2. The largest absolute Gasteiger partial charge is 0.472 e. The Hall–Kier alpha value is -3.08. The highest BCUT2D eigenvalue weighted by Gasteiger charge is 2.28. The smallest absolute Gasteiger partial charge is 0.462 e. The van der Waals surface area contributed by atoms with E-state index in [9.17, 15) is 28.9 Å². The summed E-state index contributed by atoms with van der Waals surface area (Å²) in [5, 5.41) is 9.80. The van der Waals surface area contributed by atoms with Gasteiger partial charge < -0.3 is 24.2 Å². The van der Waals surface area contributed by atoms with Crippen LogP contribution in [0, 0.1) is 0 Å². The number of ether oxygens (including phenoxy) is 3. The molecule has 72 heavy (non-hydrogen) atoms. The molecule has 0 bridgehead atoms. The maximum absolute atomic E-state index is 12.9. The summed E-state index contributed by atoms with van der Waals surface area (Å²) in [4.78, 5) is 48.5. The van der Waals surface area contributed by atoms with Gasteiger partial charge in [0.2, 0.25) is 0 Å². The van der Waals surface area contributed by atoms with Crippen molar-refractivity contribution in [2.24, 2.45) is 0 Å². The zero-order valence-corrected chi connectivity index (χ0v) is 46.8. The number of aliphatic hydroxyl groups excluding tert-OH is 1. The second-order valence-corrected chi connectivity index (χ2v) is 20.5. The highest BCUT2D eigenvalue weighted by molar-refractivity contribution is 7.47. The molecular formula is C60H105O11P. The van der Waals surface area contributed by atoms with Crippen molar-refractivity contribution in [3.05, 3.63) is 72.9 Å². The van der Waals surface area contributed by atoms with Gasteiger partial charge in [-0.2, -0.15) is 0 Å². The third-order valence-electron chi connectivity index (χ3n) is 12.0. The standard InChI is InChI=1S/C60H105O11P/c1-4-7-10-13-16-19-22-25-26-27-28-29-30-33-34-37-40-43-46-49-58(62)67-53-57(71-60(64)51-48-45-42-39-36-32-24-21-18-15-12-9-6-3)55-69-72(65,66)68-54-56(52-61)70-59(63)50-47-44-41-38-35-31-23-20-17-14-11-8-5-2/h11-12,14-16,19-21,23-26,56-57,61H,4-10,13,17-18,22,27-55H2,1-3H3,(H,65,66)/b14-11-,15-12-,19-16-,23-20-,24-21-,26-25-. The molecule has 12 heteroatoms. The number of unbranched alkanes of at least 4 members (excludes halogenated alkanes) is 24. The van der Waals surface area contributed by atoms with Crippen molar-refractivity contribution >= 4 is 25.7 Å². The lowest BCUT2D eigenvalue weighted by Gasteiger charge is -2.21. The Bertz CT molecular complexity index is 1490. The molecule has 3 unspecified atom stereocenters. The molecule has 0 aromatic carbocycles. The van der Waals surface area contributed by atoms with Gasteiger partial charge in [-0.05, 0) is 103 Å². The molecule has 0 aliphatic heterocycles. The van der Waals surface area contributed by atoms with Crippen molar-refractivity contribution in [3.8, 4) is 0 Å². The zero-order valence-electron chi connectivity index (χ0n) is 45.9. The van der Waals surface area contributed by atoms with Crippen molar-refractivity contribution in [2.75, 3.05) is 26.4 Å². The van der Waals surface area contributed by atoms with E-state index >= 15 is 0 Å². The Morgan fingerprint density at radius 1 is 0.389 bits per heavy atom. The Labute approximate surface area is 439 Å². The van der Waals surface area contributed by atoms with Crippen LogP contribution in [0.3, 0.4) is 0 Å². The van der Waals surface area contributed by atoms with Gasteiger partial charge in [0.25, 0.3) is 0 Å². The van der Waals surface area contributed by atoms with E-state index in [-0.39, 0.29) is 25.9 Å². The first kappa shape index (κ1) is 68.9. The lowest BCUT2D eigenvalue weighted by Crippen LogP contribution is -2.30. The maximum atomic E-state index is 12.9. The van der Waals surface area contributed by atoms with Crippen molar-refractivity contribution in [3.63, 3.8) is 0 Å². The normalized spacial score (nSPS) is 13.9. The molecule has 11 nitrogen and oxygen atoms in total. The Kier molecular flexibility index (Phi) is 51.9. The van der Waals surface area contributed by atoms with Gasteiger partial charge in [0.05, 0.1) is 19.8 Å². The van der Waals surface area contributed by atoms with Gasteiger partial charge in [-0.25, -0.2) is 4.57 Å². The minimum absolute atomic E-state index is 0.148. The summed E-state index contributed by atoms with van der Waals surface area (Å²) >= 11 is 0. The topological polar surface area (TPSA) is 155 Å². The molecule has 0 aliphatic rings. The number of carbonyl (C=O) groups excluding carboxylic acids is 3. The SMILES string of the molecule is CCC/C=C\C/C=C\CCCCCCCC(=O)OC(CO)COP(=O)(O)OCC(COC(=O)CCCCCCCCCCC/C=C\C/C=C\CCCCC)OC(=O)CCCCCCC/C=C\C/C=C\CCC. The molecule has 0 aromatic heterocycles. The van der Waals surface area contributed by atoms with Gasteiger partial charge in [-0.15, -0.1) is 0 Å². The average Bonchev–Trinajstić information content (AvgIpc) is 3.37. The molecule has 416 valence electrons. The molecule has 0 aromatic rings. The lowest BCUT2D eigenvalue weighted by atomic mass is 10.1. The van der Waals surface area contributed by atoms with E-state index in [0.29, 0.717) is 19.3 Å². The minimum atomic E-state index is -4.75. The summed E-state index contributed by atoms with van der Waals surface area (Å²) < 4.78 is 39.5. The molecule has 0 aliphatic carbocycles. The number of esters is 3. The zero-order chi connectivity index (χ0) is 52.7. The van der Waals surface area contributed by atoms with Crippen LogP contribution in [0.5, 0.6) is 0 Å². The third-order valence-corrected chi connectivity index (χ3v) is 13.0. The minimum Gasteiger partial charge on any atom is -0.462 e. The van der Waals surface area contributed by atoms with Crippen molar-refractivity contribution in [1.82, 2.24) is 0 Å². The molecule has 0 heterocycles. The number of hydrogen-bond acceptors (Lipinski definition) is 10. The highest BCUT2D eigenvalue weighted by Crippen LogP contribution is 2.43. The van der Waals surface area contributed by atoms with Crippen molar-refractivity contribution in [1.29, 1.82) is 0 Å². The van der Waals surface area contributed by atoms with Crippen LogP contribution in [0.1, 0.15) is 252 Å². The van der Waals surface area contributed by atoms with E-state index < -0.39 is 57.8 Å². The lowest BCUT2D eigenvalue weighted by molar-refractivity contribution is -0.161. The van der Waals surface area contributed by atoms with Gasteiger partial charge in [-0.3, -0.25) is 23.4 Å². The first-order valence-corrected chi connectivity index (χ1v) is 30.3. The summed E-state index contributed by atoms with van der Waals surface area (Å²) in [6.07, 6.45) is 60.0. The second-order valence-electron chi connectivity index (χ2n) is 19.1. The number of phosphoric ester groups is 1. The van der Waals surface area contributed by atoms with Gasteiger partial charge in [-0.1, -0.05) is 203 Å². The van der Waals surface area contributed by atoms with E-state index in [0.717, 1.165) is 128 Å². The summed E-state index contributed by atoms with van der Waals surface area (Å²) in [6.45, 7) is 4.46. The molecule has 0 spiro atoms. The number of carbonyl (C=O) groups is 3. The van der Waals surface area contributed by atoms with E-state index in [4.69, 9.17) is 23.3 Å². The predicted octanol–water partition coefficient (Wildman–Crippen LogP) is 16.9. The summed E-state index contributed by atoms with van der Waals surface area (Å²) in [6, 6.07) is 0. The van der Waals surface area contributed by atoms with Crippen LogP contribution in [0.25, 0.3) is 0 Å². The maximum Gasteiger partial charge on any atom is 0.472 e. The molecular weight excluding hydrogens is 928 g/mol.